The summed E-state index contributed by atoms with van der Waals surface area (Å²) < 4.78 is 6.50. The Hall–Kier alpha value is -1.02. The van der Waals surface area contributed by atoms with Crippen LogP contribution in [0.1, 0.15) is 25.3 Å². The van der Waals surface area contributed by atoms with Crippen LogP contribution in [0.3, 0.4) is 0 Å². The third-order valence-corrected chi connectivity index (χ3v) is 3.30. The molecule has 2 heteroatoms. The van der Waals surface area contributed by atoms with Crippen LogP contribution in [0.5, 0.6) is 0 Å². The van der Waals surface area contributed by atoms with Gasteiger partial charge in [-0.25, -0.2) is 0 Å². The molecule has 0 spiro atoms. The Morgan fingerprint density at radius 2 is 2.12 bits per heavy atom. The molecule has 0 bridgehead atoms. The molecule has 16 heavy (non-hydrogen) atoms. The topological polar surface area (TPSA) is 13.1 Å². The van der Waals surface area contributed by atoms with Gasteiger partial charge >= 0.3 is 0 Å². The van der Waals surface area contributed by atoms with Gasteiger partial charge in [0.25, 0.3) is 0 Å². The van der Waals surface area contributed by atoms with Crippen molar-refractivity contribution >= 4 is 15.9 Å². The highest BCUT2D eigenvalue weighted by Gasteiger charge is 2.06. The molecule has 0 radical (unpaired) electrons. The largest absolute Gasteiger partial charge is 0.464 e. The maximum absolute atomic E-state index is 5.39. The quantitative estimate of drug-likeness (QED) is 0.763. The number of furan rings is 1. The lowest BCUT2D eigenvalue weighted by molar-refractivity contribution is 0.582. The predicted octanol–water partition coefficient (Wildman–Crippen LogP) is 5.05. The van der Waals surface area contributed by atoms with Crippen LogP contribution in [0.15, 0.2) is 45.5 Å². The second-order valence-electron chi connectivity index (χ2n) is 3.90. The minimum atomic E-state index is 0.911. The summed E-state index contributed by atoms with van der Waals surface area (Å²) in [6, 6.07) is 10.4. The van der Waals surface area contributed by atoms with E-state index in [-0.39, 0.29) is 0 Å². The Morgan fingerprint density at radius 3 is 2.75 bits per heavy atom. The maximum Gasteiger partial charge on any atom is 0.134 e. The minimum absolute atomic E-state index is 0.911. The first-order valence-electron chi connectivity index (χ1n) is 5.63. The molecule has 0 fully saturated rings. The van der Waals surface area contributed by atoms with Crippen molar-refractivity contribution in [1.82, 2.24) is 0 Å². The zero-order chi connectivity index (χ0) is 11.4. The average molecular weight is 279 g/mol. The van der Waals surface area contributed by atoms with Crippen molar-refractivity contribution < 1.29 is 4.42 Å². The smallest absolute Gasteiger partial charge is 0.134 e. The van der Waals surface area contributed by atoms with E-state index in [0.29, 0.717) is 0 Å². The van der Waals surface area contributed by atoms with Crippen LogP contribution in [-0.4, -0.2) is 0 Å². The summed E-state index contributed by atoms with van der Waals surface area (Å²) in [5.74, 6) is 0.911. The third kappa shape index (κ3) is 2.56. The zero-order valence-corrected chi connectivity index (χ0v) is 11.0. The van der Waals surface area contributed by atoms with E-state index in [9.17, 15) is 0 Å². The molecule has 1 heterocycles. The van der Waals surface area contributed by atoms with E-state index in [1.807, 2.05) is 12.1 Å². The summed E-state index contributed by atoms with van der Waals surface area (Å²) in [6.45, 7) is 2.21. The molecular weight excluding hydrogens is 264 g/mol. The number of hydrogen-bond donors (Lipinski definition) is 0. The van der Waals surface area contributed by atoms with Crippen LogP contribution < -0.4 is 0 Å². The van der Waals surface area contributed by atoms with Gasteiger partial charge in [0.2, 0.25) is 0 Å². The highest BCUT2D eigenvalue weighted by atomic mass is 79.9. The molecule has 0 saturated heterocycles. The van der Waals surface area contributed by atoms with Crippen molar-refractivity contribution in [2.75, 3.05) is 0 Å². The molecule has 0 aliphatic carbocycles. The Kier molecular flexibility index (Phi) is 3.83. The molecule has 0 saturated carbocycles. The molecule has 84 valence electrons. The van der Waals surface area contributed by atoms with Crippen molar-refractivity contribution in [2.45, 2.75) is 26.2 Å². The van der Waals surface area contributed by atoms with E-state index in [0.717, 1.165) is 22.2 Å². The summed E-state index contributed by atoms with van der Waals surface area (Å²) in [5, 5.41) is 0. The van der Waals surface area contributed by atoms with Crippen molar-refractivity contribution in [3.05, 3.63) is 46.6 Å². The monoisotopic (exact) mass is 278 g/mol. The Labute approximate surface area is 105 Å². The highest BCUT2D eigenvalue weighted by molar-refractivity contribution is 9.10. The van der Waals surface area contributed by atoms with Crippen LogP contribution in [0.2, 0.25) is 0 Å². The van der Waals surface area contributed by atoms with Crippen molar-refractivity contribution in [3.63, 3.8) is 0 Å². The van der Waals surface area contributed by atoms with Crippen LogP contribution >= 0.6 is 15.9 Å². The van der Waals surface area contributed by atoms with Crippen molar-refractivity contribution in [2.24, 2.45) is 0 Å². The molecule has 2 rings (SSSR count). The van der Waals surface area contributed by atoms with Gasteiger partial charge in [-0.3, -0.25) is 0 Å². The van der Waals surface area contributed by atoms with Gasteiger partial charge in [-0.2, -0.15) is 0 Å². The van der Waals surface area contributed by atoms with E-state index in [4.69, 9.17) is 4.42 Å². The molecule has 1 aromatic carbocycles. The Morgan fingerprint density at radius 1 is 1.25 bits per heavy atom. The summed E-state index contributed by atoms with van der Waals surface area (Å²) in [7, 11) is 0. The van der Waals surface area contributed by atoms with Gasteiger partial charge in [0.15, 0.2) is 0 Å². The fourth-order valence-corrected chi connectivity index (χ4v) is 2.35. The predicted molar refractivity (Wildman–Crippen MR) is 70.5 cm³/mol. The lowest BCUT2D eigenvalue weighted by atomic mass is 10.1. The first kappa shape index (κ1) is 11.5. The molecule has 0 amide bonds. The normalized spacial score (nSPS) is 10.6. The summed E-state index contributed by atoms with van der Waals surface area (Å²) >= 11 is 3.60. The van der Waals surface area contributed by atoms with Gasteiger partial charge in [-0.05, 0) is 42.7 Å². The molecular formula is C14H15BrO. The van der Waals surface area contributed by atoms with E-state index >= 15 is 0 Å². The van der Waals surface area contributed by atoms with Gasteiger partial charge in [0.1, 0.15) is 5.76 Å². The highest BCUT2D eigenvalue weighted by Crippen LogP contribution is 2.29. The van der Waals surface area contributed by atoms with Crippen molar-refractivity contribution in [1.29, 1.82) is 0 Å². The van der Waals surface area contributed by atoms with Gasteiger partial charge in [-0.1, -0.05) is 35.3 Å². The molecule has 0 aliphatic heterocycles. The van der Waals surface area contributed by atoms with Crippen LogP contribution in [0.25, 0.3) is 11.3 Å². The van der Waals surface area contributed by atoms with Gasteiger partial charge in [0.05, 0.1) is 6.26 Å². The number of unbranched alkanes of at least 4 members (excludes halogenated alkanes) is 1. The maximum atomic E-state index is 5.39. The van der Waals surface area contributed by atoms with Crippen LogP contribution in [0, 0.1) is 0 Å². The fourth-order valence-electron chi connectivity index (χ4n) is 1.73. The van der Waals surface area contributed by atoms with E-state index in [1.165, 1.54) is 18.4 Å². The van der Waals surface area contributed by atoms with Gasteiger partial charge in [0, 0.05) is 10.0 Å². The molecule has 0 N–H and O–H groups in total. The molecule has 0 unspecified atom stereocenters. The standard InChI is InChI=1S/C14H15BrO/c1-2-3-5-11-7-8-12(13(15)10-11)14-6-4-9-16-14/h4,6-10H,2-3,5H2,1H3. The molecule has 1 nitrogen and oxygen atoms in total. The number of hydrogen-bond acceptors (Lipinski definition) is 1. The van der Waals surface area contributed by atoms with Gasteiger partial charge in [-0.15, -0.1) is 0 Å². The average Bonchev–Trinajstić information content (AvgIpc) is 2.80. The second-order valence-corrected chi connectivity index (χ2v) is 4.75. The zero-order valence-electron chi connectivity index (χ0n) is 9.37. The summed E-state index contributed by atoms with van der Waals surface area (Å²) in [5.41, 5.74) is 2.49. The number of rotatable bonds is 4. The first-order valence-corrected chi connectivity index (χ1v) is 6.43. The van der Waals surface area contributed by atoms with E-state index < -0.39 is 0 Å². The molecule has 2 aromatic rings. The first-order chi connectivity index (χ1) is 7.81. The van der Waals surface area contributed by atoms with E-state index in [1.54, 1.807) is 6.26 Å². The number of aryl methyl sites for hydroxylation is 1. The summed E-state index contributed by atoms with van der Waals surface area (Å²) in [6.07, 6.45) is 5.32. The SMILES string of the molecule is CCCCc1ccc(-c2ccco2)c(Br)c1. The molecule has 0 aliphatic rings. The fraction of sp³-hybridized carbons (Fsp3) is 0.286. The van der Waals surface area contributed by atoms with Crippen molar-refractivity contribution in [3.8, 4) is 11.3 Å². The third-order valence-electron chi connectivity index (χ3n) is 2.64. The van der Waals surface area contributed by atoms with Crippen LogP contribution in [0.4, 0.5) is 0 Å². The lowest BCUT2D eigenvalue weighted by Gasteiger charge is -2.05. The molecule has 1 aromatic heterocycles. The second kappa shape index (κ2) is 5.35. The Bertz CT molecular complexity index is 446. The lowest BCUT2D eigenvalue weighted by Crippen LogP contribution is -1.86. The number of benzene rings is 1. The molecule has 0 atom stereocenters. The number of halogens is 1. The minimum Gasteiger partial charge on any atom is -0.464 e. The van der Waals surface area contributed by atoms with E-state index in [2.05, 4.69) is 41.1 Å². The Balaban J connectivity index is 2.23. The van der Waals surface area contributed by atoms with Crippen LogP contribution in [-0.2, 0) is 6.42 Å². The summed E-state index contributed by atoms with van der Waals surface area (Å²) in [4.78, 5) is 0. The van der Waals surface area contributed by atoms with Gasteiger partial charge < -0.3 is 4.42 Å².